The molecule has 0 spiro atoms. The van der Waals surface area contributed by atoms with Crippen LogP contribution in [0.4, 0.5) is 11.4 Å². The molecule has 0 saturated carbocycles. The van der Waals surface area contributed by atoms with E-state index in [1.807, 2.05) is 54.6 Å². The molecule has 2 aliphatic heterocycles. The van der Waals surface area contributed by atoms with E-state index in [2.05, 4.69) is 10.2 Å². The average Bonchev–Trinajstić information content (AvgIpc) is 3.09. The third-order valence-corrected chi connectivity index (χ3v) is 5.71. The van der Waals surface area contributed by atoms with E-state index in [4.69, 9.17) is 0 Å². The van der Waals surface area contributed by atoms with Gasteiger partial charge in [-0.25, -0.2) is 0 Å². The number of hydrogen-bond acceptors (Lipinski definition) is 4. The van der Waals surface area contributed by atoms with Gasteiger partial charge in [-0.1, -0.05) is 30.3 Å². The van der Waals surface area contributed by atoms with Crippen molar-refractivity contribution in [3.8, 4) is 0 Å². The SMILES string of the molecule is O=C(NCCc1ccccc1)C1=C(O)CN(c2ccc(N3CCCCC3)cc2)C1=O. The van der Waals surface area contributed by atoms with E-state index in [-0.39, 0.29) is 17.9 Å². The minimum atomic E-state index is -0.527. The summed E-state index contributed by atoms with van der Waals surface area (Å²) < 4.78 is 0. The van der Waals surface area contributed by atoms with E-state index in [9.17, 15) is 14.7 Å². The first kappa shape index (κ1) is 20.0. The zero-order chi connectivity index (χ0) is 20.9. The molecule has 156 valence electrons. The van der Waals surface area contributed by atoms with Crippen LogP contribution in [0.3, 0.4) is 0 Å². The van der Waals surface area contributed by atoms with E-state index in [1.165, 1.54) is 24.2 Å². The van der Waals surface area contributed by atoms with Crippen molar-refractivity contribution in [3.63, 3.8) is 0 Å². The Kier molecular flexibility index (Phi) is 6.02. The van der Waals surface area contributed by atoms with Crippen LogP contribution in [0.15, 0.2) is 65.9 Å². The fourth-order valence-corrected chi connectivity index (χ4v) is 4.04. The summed E-state index contributed by atoms with van der Waals surface area (Å²) in [4.78, 5) is 29.1. The standard InChI is InChI=1S/C24H27N3O3/c28-21-17-27(20-11-9-19(10-12-20)26-15-5-2-6-16-26)24(30)22(21)23(29)25-14-13-18-7-3-1-4-8-18/h1,3-4,7-12,28H,2,5-6,13-17H2,(H,25,29). The summed E-state index contributed by atoms with van der Waals surface area (Å²) in [5, 5.41) is 13.0. The van der Waals surface area contributed by atoms with Gasteiger partial charge in [0.1, 0.15) is 11.3 Å². The maximum atomic E-state index is 12.8. The van der Waals surface area contributed by atoms with Gasteiger partial charge in [0.05, 0.1) is 6.54 Å². The maximum absolute atomic E-state index is 12.8. The molecule has 30 heavy (non-hydrogen) atoms. The number of piperidine rings is 1. The second kappa shape index (κ2) is 9.03. The molecule has 0 radical (unpaired) electrons. The first-order valence-electron chi connectivity index (χ1n) is 10.5. The highest BCUT2D eigenvalue weighted by Gasteiger charge is 2.35. The molecule has 1 saturated heterocycles. The van der Waals surface area contributed by atoms with Crippen molar-refractivity contribution < 1.29 is 14.7 Å². The topological polar surface area (TPSA) is 72.9 Å². The summed E-state index contributed by atoms with van der Waals surface area (Å²) in [6.45, 7) is 2.52. The Morgan fingerprint density at radius 1 is 0.933 bits per heavy atom. The molecule has 2 heterocycles. The Labute approximate surface area is 176 Å². The second-order valence-electron chi connectivity index (χ2n) is 7.77. The van der Waals surface area contributed by atoms with Crippen molar-refractivity contribution in [2.75, 3.05) is 36.0 Å². The van der Waals surface area contributed by atoms with Gasteiger partial charge in [0, 0.05) is 31.0 Å². The lowest BCUT2D eigenvalue weighted by Crippen LogP contribution is -2.34. The van der Waals surface area contributed by atoms with Gasteiger partial charge in [0.25, 0.3) is 11.8 Å². The zero-order valence-electron chi connectivity index (χ0n) is 17.0. The number of carbonyl (C=O) groups is 2. The van der Waals surface area contributed by atoms with Crippen LogP contribution in [0.1, 0.15) is 24.8 Å². The number of hydrogen-bond donors (Lipinski definition) is 2. The molecule has 2 aromatic carbocycles. The van der Waals surface area contributed by atoms with Gasteiger partial charge >= 0.3 is 0 Å². The van der Waals surface area contributed by atoms with Crippen LogP contribution in [-0.2, 0) is 16.0 Å². The van der Waals surface area contributed by atoms with Crippen molar-refractivity contribution in [2.24, 2.45) is 0 Å². The highest BCUT2D eigenvalue weighted by molar-refractivity contribution is 6.26. The Bertz CT molecular complexity index is 932. The monoisotopic (exact) mass is 405 g/mol. The number of benzene rings is 2. The summed E-state index contributed by atoms with van der Waals surface area (Å²) in [7, 11) is 0. The van der Waals surface area contributed by atoms with Crippen molar-refractivity contribution in [1.82, 2.24) is 5.32 Å². The van der Waals surface area contributed by atoms with Gasteiger partial charge < -0.3 is 20.2 Å². The number of rotatable bonds is 6. The number of nitrogens with one attached hydrogen (secondary N) is 1. The van der Waals surface area contributed by atoms with Crippen molar-refractivity contribution >= 4 is 23.2 Å². The number of anilines is 2. The quantitative estimate of drug-likeness (QED) is 0.724. The molecule has 2 amide bonds. The van der Waals surface area contributed by atoms with Crippen molar-refractivity contribution in [2.45, 2.75) is 25.7 Å². The molecule has 2 N–H and O–H groups in total. The van der Waals surface area contributed by atoms with Crippen molar-refractivity contribution in [3.05, 3.63) is 71.5 Å². The smallest absolute Gasteiger partial charge is 0.267 e. The van der Waals surface area contributed by atoms with Crippen LogP contribution in [0.2, 0.25) is 0 Å². The fourth-order valence-electron chi connectivity index (χ4n) is 4.04. The molecule has 6 nitrogen and oxygen atoms in total. The average molecular weight is 405 g/mol. The number of aliphatic hydroxyl groups excluding tert-OH is 1. The van der Waals surface area contributed by atoms with E-state index >= 15 is 0 Å². The maximum Gasteiger partial charge on any atom is 0.267 e. The van der Waals surface area contributed by atoms with Gasteiger partial charge in [0.15, 0.2) is 0 Å². The molecule has 2 aromatic rings. The van der Waals surface area contributed by atoms with E-state index in [1.54, 1.807) is 0 Å². The number of carbonyl (C=O) groups excluding carboxylic acids is 2. The van der Waals surface area contributed by atoms with Gasteiger partial charge in [-0.3, -0.25) is 9.59 Å². The van der Waals surface area contributed by atoms with Crippen LogP contribution in [0.5, 0.6) is 0 Å². The van der Waals surface area contributed by atoms with Crippen LogP contribution in [0.25, 0.3) is 0 Å². The Morgan fingerprint density at radius 3 is 2.30 bits per heavy atom. The number of aliphatic hydroxyl groups is 1. The number of nitrogens with zero attached hydrogens (tertiary/aromatic N) is 2. The van der Waals surface area contributed by atoms with E-state index < -0.39 is 11.8 Å². The third kappa shape index (κ3) is 4.32. The van der Waals surface area contributed by atoms with Crippen LogP contribution < -0.4 is 15.1 Å². The van der Waals surface area contributed by atoms with Gasteiger partial charge in [-0.05, 0) is 55.5 Å². The minimum Gasteiger partial charge on any atom is -0.509 e. The molecule has 0 atom stereocenters. The lowest BCUT2D eigenvalue weighted by Gasteiger charge is -2.29. The highest BCUT2D eigenvalue weighted by Crippen LogP contribution is 2.28. The molecular weight excluding hydrogens is 378 g/mol. The summed E-state index contributed by atoms with van der Waals surface area (Å²) in [5.41, 5.74) is 2.76. The Balaban J connectivity index is 1.37. The second-order valence-corrected chi connectivity index (χ2v) is 7.77. The third-order valence-electron chi connectivity index (χ3n) is 5.71. The molecule has 6 heteroatoms. The first-order valence-corrected chi connectivity index (χ1v) is 10.5. The van der Waals surface area contributed by atoms with Crippen molar-refractivity contribution in [1.29, 1.82) is 0 Å². The largest absolute Gasteiger partial charge is 0.509 e. The summed E-state index contributed by atoms with van der Waals surface area (Å²) in [6.07, 6.45) is 4.34. The Hall–Kier alpha value is -3.28. The van der Waals surface area contributed by atoms with Crippen LogP contribution >= 0.6 is 0 Å². The van der Waals surface area contributed by atoms with Crippen LogP contribution in [0, 0.1) is 0 Å². The predicted molar refractivity (Wildman–Crippen MR) is 118 cm³/mol. The van der Waals surface area contributed by atoms with Gasteiger partial charge in [-0.15, -0.1) is 0 Å². The molecular formula is C24H27N3O3. The lowest BCUT2D eigenvalue weighted by molar-refractivity contribution is -0.122. The first-order chi connectivity index (χ1) is 14.6. The normalized spacial score (nSPS) is 16.9. The van der Waals surface area contributed by atoms with E-state index in [0.29, 0.717) is 18.7 Å². The number of amides is 2. The molecule has 4 rings (SSSR count). The minimum absolute atomic E-state index is 0.0172. The fraction of sp³-hybridized carbons (Fsp3) is 0.333. The molecule has 2 aliphatic rings. The Morgan fingerprint density at radius 2 is 1.60 bits per heavy atom. The molecule has 0 aromatic heterocycles. The molecule has 0 unspecified atom stereocenters. The zero-order valence-corrected chi connectivity index (χ0v) is 17.0. The highest BCUT2D eigenvalue weighted by atomic mass is 16.3. The molecule has 1 fully saturated rings. The summed E-state index contributed by atoms with van der Waals surface area (Å²) in [5.74, 6) is -1.17. The summed E-state index contributed by atoms with van der Waals surface area (Å²) in [6, 6.07) is 17.6. The molecule has 0 bridgehead atoms. The van der Waals surface area contributed by atoms with Gasteiger partial charge in [0.2, 0.25) is 0 Å². The van der Waals surface area contributed by atoms with E-state index in [0.717, 1.165) is 24.3 Å². The van der Waals surface area contributed by atoms with Crippen LogP contribution in [-0.4, -0.2) is 43.1 Å². The molecule has 0 aliphatic carbocycles. The predicted octanol–water partition coefficient (Wildman–Crippen LogP) is 3.19. The summed E-state index contributed by atoms with van der Waals surface area (Å²) >= 11 is 0. The van der Waals surface area contributed by atoms with Gasteiger partial charge in [-0.2, -0.15) is 0 Å². The lowest BCUT2D eigenvalue weighted by atomic mass is 10.1.